The summed E-state index contributed by atoms with van der Waals surface area (Å²) in [6, 6.07) is 4.99. The van der Waals surface area contributed by atoms with Crippen LogP contribution < -0.4 is 10.1 Å². The van der Waals surface area contributed by atoms with Crippen molar-refractivity contribution in [3.63, 3.8) is 0 Å². The highest BCUT2D eigenvalue weighted by atomic mass is 35.5. The van der Waals surface area contributed by atoms with E-state index < -0.39 is 0 Å². The molecule has 0 bridgehead atoms. The molecule has 0 atom stereocenters. The first-order valence-corrected chi connectivity index (χ1v) is 9.34. The fourth-order valence-corrected chi connectivity index (χ4v) is 3.08. The molecule has 0 fully saturated rings. The second-order valence-electron chi connectivity index (χ2n) is 6.35. The Hall–Kier alpha value is -2.54. The number of nitrogens with zero attached hydrogens (tertiary/aromatic N) is 2. The number of nitrogens with one attached hydrogen (secondary N) is 1. The first-order valence-electron chi connectivity index (χ1n) is 8.96. The van der Waals surface area contributed by atoms with Gasteiger partial charge in [0.05, 0.1) is 12.2 Å². The summed E-state index contributed by atoms with van der Waals surface area (Å²) in [6.45, 7) is 3.71. The number of hydrogen-bond donors (Lipinski definition) is 1. The molecule has 2 amide bonds. The standard InChI is InChI=1S/C19H22ClN3O4/c1-13-22-16(12-27-13)19(25)23-8-3-2-7-21-18(24)15-11-14(20)5-6-17(15)26-10-4-9-23/h5-6,11-12H,2-4,7-10H2,1H3,(H,21,24). The molecule has 3 rings (SSSR count). The Morgan fingerprint density at radius 3 is 2.85 bits per heavy atom. The van der Waals surface area contributed by atoms with E-state index in [0.29, 0.717) is 60.6 Å². The molecule has 1 aliphatic heterocycles. The molecule has 27 heavy (non-hydrogen) atoms. The van der Waals surface area contributed by atoms with Gasteiger partial charge in [-0.05, 0) is 37.5 Å². The summed E-state index contributed by atoms with van der Waals surface area (Å²) in [5, 5.41) is 3.36. The van der Waals surface area contributed by atoms with Crippen molar-refractivity contribution in [1.29, 1.82) is 0 Å². The summed E-state index contributed by atoms with van der Waals surface area (Å²) in [6.07, 6.45) is 3.54. The highest BCUT2D eigenvalue weighted by Gasteiger charge is 2.20. The van der Waals surface area contributed by atoms with E-state index >= 15 is 0 Å². The lowest BCUT2D eigenvalue weighted by Gasteiger charge is -2.21. The van der Waals surface area contributed by atoms with Gasteiger partial charge >= 0.3 is 0 Å². The fraction of sp³-hybridized carbons (Fsp3) is 0.421. The van der Waals surface area contributed by atoms with Crippen LogP contribution in [-0.2, 0) is 0 Å². The van der Waals surface area contributed by atoms with Crippen molar-refractivity contribution in [2.45, 2.75) is 26.2 Å². The quantitative estimate of drug-likeness (QED) is 0.807. The summed E-state index contributed by atoms with van der Waals surface area (Å²) < 4.78 is 10.9. The molecule has 0 saturated heterocycles. The first kappa shape index (κ1) is 19.2. The van der Waals surface area contributed by atoms with Crippen molar-refractivity contribution >= 4 is 23.4 Å². The van der Waals surface area contributed by atoms with Crippen LogP contribution in [0.15, 0.2) is 28.9 Å². The summed E-state index contributed by atoms with van der Waals surface area (Å²) in [7, 11) is 0. The number of aromatic nitrogens is 1. The van der Waals surface area contributed by atoms with Gasteiger partial charge in [0, 0.05) is 31.6 Å². The number of oxazole rings is 1. The summed E-state index contributed by atoms with van der Waals surface area (Å²) >= 11 is 6.01. The highest BCUT2D eigenvalue weighted by molar-refractivity contribution is 6.31. The summed E-state index contributed by atoms with van der Waals surface area (Å²) in [5.41, 5.74) is 0.735. The molecule has 0 saturated carbocycles. The Balaban J connectivity index is 1.71. The zero-order chi connectivity index (χ0) is 19.2. The number of halogens is 1. The molecule has 8 heteroatoms. The molecule has 0 spiro atoms. The van der Waals surface area contributed by atoms with E-state index in [2.05, 4.69) is 10.3 Å². The molecule has 144 valence electrons. The van der Waals surface area contributed by atoms with E-state index in [-0.39, 0.29) is 11.8 Å². The predicted octanol–water partition coefficient (Wildman–Crippen LogP) is 3.07. The lowest BCUT2D eigenvalue weighted by molar-refractivity contribution is 0.0737. The zero-order valence-electron chi connectivity index (χ0n) is 15.2. The molecule has 2 heterocycles. The Kier molecular flexibility index (Phi) is 6.34. The molecular weight excluding hydrogens is 370 g/mol. The fourth-order valence-electron chi connectivity index (χ4n) is 2.91. The van der Waals surface area contributed by atoms with Crippen LogP contribution in [-0.4, -0.2) is 47.9 Å². The smallest absolute Gasteiger partial charge is 0.275 e. The predicted molar refractivity (Wildman–Crippen MR) is 100 cm³/mol. The maximum absolute atomic E-state index is 12.7. The van der Waals surface area contributed by atoms with Crippen molar-refractivity contribution in [3.05, 3.63) is 46.6 Å². The Morgan fingerprint density at radius 1 is 1.26 bits per heavy atom. The van der Waals surface area contributed by atoms with Gasteiger partial charge < -0.3 is 19.4 Å². The van der Waals surface area contributed by atoms with Crippen LogP contribution in [0, 0.1) is 6.92 Å². The van der Waals surface area contributed by atoms with Crippen molar-refractivity contribution in [1.82, 2.24) is 15.2 Å². The van der Waals surface area contributed by atoms with E-state index in [9.17, 15) is 9.59 Å². The topological polar surface area (TPSA) is 84.7 Å². The largest absolute Gasteiger partial charge is 0.493 e. The summed E-state index contributed by atoms with van der Waals surface area (Å²) in [5.74, 6) is 0.586. The van der Waals surface area contributed by atoms with Crippen LogP contribution in [0.5, 0.6) is 5.75 Å². The Labute approximate surface area is 162 Å². The number of rotatable bonds is 1. The molecule has 0 unspecified atom stereocenters. The monoisotopic (exact) mass is 391 g/mol. The number of benzene rings is 1. The van der Waals surface area contributed by atoms with Crippen molar-refractivity contribution < 1.29 is 18.7 Å². The molecule has 1 N–H and O–H groups in total. The number of amides is 2. The maximum atomic E-state index is 12.7. The lowest BCUT2D eigenvalue weighted by Crippen LogP contribution is -2.34. The lowest BCUT2D eigenvalue weighted by atomic mass is 10.2. The van der Waals surface area contributed by atoms with E-state index in [0.717, 1.165) is 12.8 Å². The Bertz CT molecular complexity index is 821. The third-order valence-corrected chi connectivity index (χ3v) is 4.52. The average molecular weight is 392 g/mol. The number of aryl methyl sites for hydroxylation is 1. The second kappa shape index (κ2) is 8.90. The molecular formula is C19H22ClN3O4. The van der Waals surface area contributed by atoms with Crippen LogP contribution in [0.25, 0.3) is 0 Å². The summed E-state index contributed by atoms with van der Waals surface area (Å²) in [4.78, 5) is 30.9. The third kappa shape index (κ3) is 5.01. The second-order valence-corrected chi connectivity index (χ2v) is 6.79. The maximum Gasteiger partial charge on any atom is 0.275 e. The Morgan fingerprint density at radius 2 is 2.07 bits per heavy atom. The van der Waals surface area contributed by atoms with Crippen LogP contribution >= 0.6 is 11.6 Å². The van der Waals surface area contributed by atoms with Gasteiger partial charge in [-0.15, -0.1) is 0 Å². The van der Waals surface area contributed by atoms with E-state index in [4.69, 9.17) is 20.8 Å². The van der Waals surface area contributed by atoms with Gasteiger partial charge in [0.2, 0.25) is 0 Å². The molecule has 7 nitrogen and oxygen atoms in total. The number of hydrogen-bond acceptors (Lipinski definition) is 5. The number of fused-ring (bicyclic) bond motifs is 1. The minimum atomic E-state index is -0.210. The van der Waals surface area contributed by atoms with Crippen LogP contribution in [0.4, 0.5) is 0 Å². The molecule has 2 aromatic rings. The van der Waals surface area contributed by atoms with E-state index in [1.54, 1.807) is 30.0 Å². The van der Waals surface area contributed by atoms with Crippen LogP contribution in [0.1, 0.15) is 46.0 Å². The number of carbonyl (C=O) groups excluding carboxylic acids is 2. The van der Waals surface area contributed by atoms with Crippen molar-refractivity contribution in [2.24, 2.45) is 0 Å². The van der Waals surface area contributed by atoms with Gasteiger partial charge in [-0.1, -0.05) is 11.6 Å². The van der Waals surface area contributed by atoms with Crippen LogP contribution in [0.2, 0.25) is 5.02 Å². The SMILES string of the molecule is Cc1nc(C(=O)N2CCCCNC(=O)c3cc(Cl)ccc3OCCC2)co1. The van der Waals surface area contributed by atoms with Gasteiger partial charge in [-0.3, -0.25) is 9.59 Å². The van der Waals surface area contributed by atoms with Gasteiger partial charge in [0.25, 0.3) is 11.8 Å². The molecule has 1 aromatic heterocycles. The molecule has 0 radical (unpaired) electrons. The molecule has 1 aromatic carbocycles. The number of carbonyl (C=O) groups is 2. The zero-order valence-corrected chi connectivity index (χ0v) is 15.9. The minimum absolute atomic E-state index is 0.155. The van der Waals surface area contributed by atoms with E-state index in [1.807, 2.05) is 0 Å². The van der Waals surface area contributed by atoms with Crippen LogP contribution in [0.3, 0.4) is 0 Å². The van der Waals surface area contributed by atoms with Gasteiger partial charge in [-0.2, -0.15) is 0 Å². The molecule has 1 aliphatic rings. The molecule has 0 aliphatic carbocycles. The van der Waals surface area contributed by atoms with Gasteiger partial charge in [0.15, 0.2) is 11.6 Å². The number of ether oxygens (including phenoxy) is 1. The minimum Gasteiger partial charge on any atom is -0.493 e. The van der Waals surface area contributed by atoms with E-state index in [1.165, 1.54) is 6.26 Å². The third-order valence-electron chi connectivity index (χ3n) is 4.28. The van der Waals surface area contributed by atoms with Gasteiger partial charge in [-0.25, -0.2) is 4.98 Å². The first-order chi connectivity index (χ1) is 13.0. The van der Waals surface area contributed by atoms with Gasteiger partial charge in [0.1, 0.15) is 12.0 Å². The average Bonchev–Trinajstić information content (AvgIpc) is 3.09. The highest BCUT2D eigenvalue weighted by Crippen LogP contribution is 2.23. The van der Waals surface area contributed by atoms with Crippen molar-refractivity contribution in [3.8, 4) is 5.75 Å². The normalized spacial score (nSPS) is 16.2. The van der Waals surface area contributed by atoms with Crippen molar-refractivity contribution in [2.75, 3.05) is 26.2 Å².